The summed E-state index contributed by atoms with van der Waals surface area (Å²) in [7, 11) is 0. The Bertz CT molecular complexity index is 966. The summed E-state index contributed by atoms with van der Waals surface area (Å²) in [5.41, 5.74) is 4.89. The molecule has 1 aliphatic carbocycles. The first-order chi connectivity index (χ1) is 12.2. The number of aromatic carboxylic acids is 1. The molecule has 0 radical (unpaired) electrons. The lowest BCUT2D eigenvalue weighted by atomic mass is 10.00. The van der Waals surface area contributed by atoms with Crippen molar-refractivity contribution in [3.63, 3.8) is 0 Å². The maximum atomic E-state index is 11.4. The third kappa shape index (κ3) is 2.74. The number of carbonyl (C=O) groups is 1. The van der Waals surface area contributed by atoms with Gasteiger partial charge >= 0.3 is 5.97 Å². The average molecular weight is 350 g/mol. The van der Waals surface area contributed by atoms with Gasteiger partial charge in [0.1, 0.15) is 10.9 Å². The Labute approximate surface area is 148 Å². The maximum absolute atomic E-state index is 11.4. The van der Waals surface area contributed by atoms with Gasteiger partial charge in [-0.25, -0.2) is 4.79 Å². The highest BCUT2D eigenvalue weighted by Crippen LogP contribution is 2.42. The Hall–Kier alpha value is -2.86. The number of nitroso groups, excluding NO2 is 1. The SMILES string of the molecule is O=NC1CCc2cc(-c3sc(C(=O)O)cc3-c3ccncc3)ccc21. The van der Waals surface area contributed by atoms with E-state index in [4.69, 9.17) is 0 Å². The fourth-order valence-electron chi connectivity index (χ4n) is 3.30. The summed E-state index contributed by atoms with van der Waals surface area (Å²) < 4.78 is 0. The van der Waals surface area contributed by atoms with Crippen LogP contribution in [0.2, 0.25) is 0 Å². The van der Waals surface area contributed by atoms with Crippen LogP contribution in [-0.2, 0) is 6.42 Å². The van der Waals surface area contributed by atoms with Crippen molar-refractivity contribution < 1.29 is 9.90 Å². The number of fused-ring (bicyclic) bond motifs is 1. The fraction of sp³-hybridized carbons (Fsp3) is 0.158. The Morgan fingerprint density at radius 3 is 2.68 bits per heavy atom. The maximum Gasteiger partial charge on any atom is 0.345 e. The predicted octanol–water partition coefficient (Wildman–Crippen LogP) is 4.93. The van der Waals surface area contributed by atoms with Crippen molar-refractivity contribution in [2.24, 2.45) is 5.18 Å². The van der Waals surface area contributed by atoms with E-state index in [0.717, 1.165) is 45.5 Å². The number of carboxylic acids is 1. The highest BCUT2D eigenvalue weighted by Gasteiger charge is 2.24. The van der Waals surface area contributed by atoms with Gasteiger partial charge in [0.25, 0.3) is 0 Å². The first kappa shape index (κ1) is 15.7. The number of aryl methyl sites for hydroxylation is 1. The Morgan fingerprint density at radius 1 is 1.16 bits per heavy atom. The van der Waals surface area contributed by atoms with Crippen molar-refractivity contribution in [3.05, 3.63) is 69.7 Å². The number of aromatic nitrogens is 1. The van der Waals surface area contributed by atoms with Crippen molar-refractivity contribution in [1.82, 2.24) is 4.98 Å². The largest absolute Gasteiger partial charge is 0.477 e. The molecule has 2 aromatic heterocycles. The van der Waals surface area contributed by atoms with E-state index >= 15 is 0 Å². The quantitative estimate of drug-likeness (QED) is 0.677. The summed E-state index contributed by atoms with van der Waals surface area (Å²) in [5, 5.41) is 12.6. The zero-order valence-electron chi connectivity index (χ0n) is 13.2. The molecule has 0 bridgehead atoms. The van der Waals surface area contributed by atoms with E-state index < -0.39 is 5.97 Å². The van der Waals surface area contributed by atoms with E-state index in [-0.39, 0.29) is 6.04 Å². The summed E-state index contributed by atoms with van der Waals surface area (Å²) >= 11 is 1.26. The van der Waals surface area contributed by atoms with Crippen LogP contribution in [0, 0.1) is 4.91 Å². The molecule has 1 atom stereocenters. The molecule has 1 aromatic carbocycles. The second-order valence-electron chi connectivity index (χ2n) is 5.97. The van der Waals surface area contributed by atoms with Crippen LogP contribution in [0.4, 0.5) is 0 Å². The summed E-state index contributed by atoms with van der Waals surface area (Å²) in [6.07, 6.45) is 4.95. The minimum atomic E-state index is -0.932. The molecule has 0 saturated carbocycles. The molecule has 1 aliphatic rings. The number of pyridine rings is 1. The third-order valence-electron chi connectivity index (χ3n) is 4.51. The Morgan fingerprint density at radius 2 is 1.96 bits per heavy atom. The van der Waals surface area contributed by atoms with Crippen LogP contribution in [0.25, 0.3) is 21.6 Å². The zero-order chi connectivity index (χ0) is 17.4. The average Bonchev–Trinajstić information content (AvgIpc) is 3.26. The van der Waals surface area contributed by atoms with Gasteiger partial charge < -0.3 is 5.11 Å². The van der Waals surface area contributed by atoms with Gasteiger partial charge in [0, 0.05) is 22.8 Å². The van der Waals surface area contributed by atoms with E-state index in [0.29, 0.717) is 4.88 Å². The van der Waals surface area contributed by atoms with Gasteiger partial charge in [-0.1, -0.05) is 17.3 Å². The van der Waals surface area contributed by atoms with Crippen LogP contribution in [0.1, 0.15) is 33.3 Å². The summed E-state index contributed by atoms with van der Waals surface area (Å²) in [4.78, 5) is 27.6. The van der Waals surface area contributed by atoms with Crippen LogP contribution in [0.3, 0.4) is 0 Å². The van der Waals surface area contributed by atoms with E-state index in [1.165, 1.54) is 11.3 Å². The van der Waals surface area contributed by atoms with Crippen molar-refractivity contribution in [3.8, 4) is 21.6 Å². The molecular formula is C19H14N2O3S. The van der Waals surface area contributed by atoms with E-state index in [1.807, 2.05) is 24.3 Å². The molecule has 4 rings (SSSR count). The highest BCUT2D eigenvalue weighted by molar-refractivity contribution is 7.18. The summed E-state index contributed by atoms with van der Waals surface area (Å²) in [6.45, 7) is 0. The Kier molecular flexibility index (Phi) is 3.89. The molecule has 1 unspecified atom stereocenters. The fourth-order valence-corrected chi connectivity index (χ4v) is 4.32. The first-order valence-electron chi connectivity index (χ1n) is 7.90. The van der Waals surface area contributed by atoms with Gasteiger partial charge in [0.15, 0.2) is 0 Å². The van der Waals surface area contributed by atoms with Gasteiger partial charge in [0.2, 0.25) is 0 Å². The first-order valence-corrected chi connectivity index (χ1v) is 8.72. The molecule has 0 saturated heterocycles. The minimum absolute atomic E-state index is 0.262. The summed E-state index contributed by atoms with van der Waals surface area (Å²) in [5.74, 6) is -0.932. The topological polar surface area (TPSA) is 79.6 Å². The molecule has 124 valence electrons. The second-order valence-corrected chi connectivity index (χ2v) is 7.02. The minimum Gasteiger partial charge on any atom is -0.477 e. The number of thiophene rings is 1. The van der Waals surface area contributed by atoms with Crippen LogP contribution < -0.4 is 0 Å². The van der Waals surface area contributed by atoms with Gasteiger partial charge in [-0.05, 0) is 59.4 Å². The lowest BCUT2D eigenvalue weighted by molar-refractivity contribution is 0.0702. The normalized spacial score (nSPS) is 15.8. The lowest BCUT2D eigenvalue weighted by Crippen LogP contribution is -1.89. The number of hydrogen-bond acceptors (Lipinski definition) is 5. The van der Waals surface area contributed by atoms with E-state index in [1.54, 1.807) is 18.5 Å². The van der Waals surface area contributed by atoms with Crippen LogP contribution in [-0.4, -0.2) is 16.1 Å². The number of rotatable bonds is 4. The van der Waals surface area contributed by atoms with Crippen LogP contribution >= 0.6 is 11.3 Å². The molecule has 1 N–H and O–H groups in total. The van der Waals surface area contributed by atoms with Crippen molar-refractivity contribution in [2.75, 3.05) is 0 Å². The predicted molar refractivity (Wildman–Crippen MR) is 96.8 cm³/mol. The smallest absolute Gasteiger partial charge is 0.345 e. The summed E-state index contributed by atoms with van der Waals surface area (Å²) in [6, 6.07) is 11.1. The molecule has 25 heavy (non-hydrogen) atoms. The molecule has 2 heterocycles. The van der Waals surface area contributed by atoms with Crippen LogP contribution in [0.15, 0.2) is 54.0 Å². The molecular weight excluding hydrogens is 336 g/mol. The van der Waals surface area contributed by atoms with Crippen molar-refractivity contribution >= 4 is 17.3 Å². The third-order valence-corrected chi connectivity index (χ3v) is 5.68. The van der Waals surface area contributed by atoms with Crippen molar-refractivity contribution in [2.45, 2.75) is 18.9 Å². The molecule has 0 spiro atoms. The standard InChI is InChI=1S/C19H14N2O3S/c22-19(23)17-10-15(11-5-7-20-8-6-11)18(25-17)13-1-3-14-12(9-13)2-4-16(14)21-24/h1,3,5-10,16H,2,4H2,(H,22,23). The lowest BCUT2D eigenvalue weighted by Gasteiger charge is -2.07. The monoisotopic (exact) mass is 350 g/mol. The Balaban J connectivity index is 1.85. The van der Waals surface area contributed by atoms with Crippen LogP contribution in [0.5, 0.6) is 0 Å². The van der Waals surface area contributed by atoms with E-state index in [2.05, 4.69) is 16.2 Å². The highest BCUT2D eigenvalue weighted by atomic mass is 32.1. The number of hydrogen-bond donors (Lipinski definition) is 1. The number of nitrogens with zero attached hydrogens (tertiary/aromatic N) is 2. The van der Waals surface area contributed by atoms with E-state index in [9.17, 15) is 14.8 Å². The second kappa shape index (κ2) is 6.22. The molecule has 0 aliphatic heterocycles. The molecule has 5 nitrogen and oxygen atoms in total. The molecule has 6 heteroatoms. The van der Waals surface area contributed by atoms with Gasteiger partial charge in [-0.3, -0.25) is 4.98 Å². The van der Waals surface area contributed by atoms with Crippen molar-refractivity contribution in [1.29, 1.82) is 0 Å². The van der Waals surface area contributed by atoms with Gasteiger partial charge in [-0.2, -0.15) is 4.91 Å². The molecule has 3 aromatic rings. The number of carboxylic acid groups (broad SMARTS) is 1. The zero-order valence-corrected chi connectivity index (χ0v) is 14.0. The molecule has 0 amide bonds. The molecule has 0 fully saturated rings. The van der Waals surface area contributed by atoms with Gasteiger partial charge in [0.05, 0.1) is 0 Å². The number of benzene rings is 1. The van der Waals surface area contributed by atoms with Gasteiger partial charge in [-0.15, -0.1) is 11.3 Å².